The fourth-order valence-electron chi connectivity index (χ4n) is 0.756. The maximum atomic E-state index is 11.3. The molecule has 0 spiro atoms. The van der Waals surface area contributed by atoms with Gasteiger partial charge in [0.25, 0.3) is 0 Å². The predicted molar refractivity (Wildman–Crippen MR) is 62.8 cm³/mol. The van der Waals surface area contributed by atoms with Gasteiger partial charge in [0.15, 0.2) is 5.79 Å². The molecule has 0 amide bonds. The van der Waals surface area contributed by atoms with Crippen LogP contribution in [0.25, 0.3) is 0 Å². The first-order valence-corrected chi connectivity index (χ1v) is 5.20. The van der Waals surface area contributed by atoms with Crippen molar-refractivity contribution < 1.29 is 29.6 Å². The molecule has 0 aromatic heterocycles. The third-order valence-corrected chi connectivity index (χ3v) is 2.21. The Morgan fingerprint density at radius 3 is 2.06 bits per heavy atom. The van der Waals surface area contributed by atoms with Crippen LogP contribution in [0, 0.1) is 5.41 Å². The Kier molecular flexibility index (Phi) is 5.26. The summed E-state index contributed by atoms with van der Waals surface area (Å²) in [5.74, 6) is -4.12. The number of rotatable bonds is 3. The summed E-state index contributed by atoms with van der Waals surface area (Å²) in [5, 5.41) is 19.5. The molecule has 0 saturated carbocycles. The second kappa shape index (κ2) is 5.79. The molecule has 0 aliphatic heterocycles. The van der Waals surface area contributed by atoms with Crippen molar-refractivity contribution in [3.8, 4) is 0 Å². The summed E-state index contributed by atoms with van der Waals surface area (Å²) in [6.45, 7) is 9.17. The van der Waals surface area contributed by atoms with Gasteiger partial charge in [-0.2, -0.15) is 0 Å². The Morgan fingerprint density at radius 2 is 1.67 bits per heavy atom. The van der Waals surface area contributed by atoms with Gasteiger partial charge in [0, 0.05) is 17.1 Å². The summed E-state index contributed by atoms with van der Waals surface area (Å²) in [4.78, 5) is 30.2. The zero-order valence-electron chi connectivity index (χ0n) is 10.9. The van der Waals surface area contributed by atoms with Crippen molar-refractivity contribution in [2.24, 2.45) is 5.41 Å². The maximum absolute atomic E-state index is 11.3. The average Bonchev–Trinajstić information content (AvgIpc) is 2.22. The Morgan fingerprint density at radius 1 is 1.17 bits per heavy atom. The van der Waals surface area contributed by atoms with Crippen molar-refractivity contribution in [1.82, 2.24) is 0 Å². The third kappa shape index (κ3) is 4.68. The molecule has 0 aliphatic carbocycles. The lowest BCUT2D eigenvalue weighted by Crippen LogP contribution is -2.41. The van der Waals surface area contributed by atoms with Crippen LogP contribution in [0.3, 0.4) is 0 Å². The Bertz CT molecular complexity index is 373. The van der Waals surface area contributed by atoms with Crippen molar-refractivity contribution in [3.63, 3.8) is 0 Å². The summed E-state index contributed by atoms with van der Waals surface area (Å²) in [6, 6.07) is 0. The molecule has 2 N–H and O–H groups in total. The van der Waals surface area contributed by atoms with Gasteiger partial charge < -0.3 is 10.2 Å². The van der Waals surface area contributed by atoms with Crippen molar-refractivity contribution in [2.75, 3.05) is 0 Å². The molecule has 0 aromatic carbocycles. The molecule has 0 heterocycles. The first kappa shape index (κ1) is 16.3. The molecule has 0 bridgehead atoms. The smallest absolute Gasteiger partial charge is 0.362 e. The molecule has 0 radical (unpaired) electrons. The molecular formula is C12H18O6. The summed E-state index contributed by atoms with van der Waals surface area (Å²) in [6.07, 6.45) is 1.75. The fourth-order valence-corrected chi connectivity index (χ4v) is 0.756. The summed E-state index contributed by atoms with van der Waals surface area (Å²) >= 11 is 0. The van der Waals surface area contributed by atoms with Gasteiger partial charge in [-0.1, -0.05) is 27.4 Å². The van der Waals surface area contributed by atoms with Crippen molar-refractivity contribution >= 4 is 11.9 Å². The standard InChI is InChI=1S/C12H18O6/c1-6-9(13)17-18-10(14)8(2)7-12(15,16)11(3,4)5/h6-7,15-16H,1H2,2-5H3/b8-7+. The van der Waals surface area contributed by atoms with Crippen LogP contribution in [-0.4, -0.2) is 27.9 Å². The second-order valence-electron chi connectivity index (χ2n) is 4.78. The first-order chi connectivity index (χ1) is 8.01. The van der Waals surface area contributed by atoms with Gasteiger partial charge in [0.1, 0.15) is 0 Å². The number of hydrogen-bond donors (Lipinski definition) is 2. The van der Waals surface area contributed by atoms with E-state index in [9.17, 15) is 19.8 Å². The molecule has 6 heteroatoms. The minimum atomic E-state index is -2.20. The molecule has 0 fully saturated rings. The van der Waals surface area contributed by atoms with E-state index in [1.54, 1.807) is 20.8 Å². The number of carbonyl (C=O) groups is 2. The lowest BCUT2D eigenvalue weighted by Gasteiger charge is -2.32. The minimum Gasteiger partial charge on any atom is -0.362 e. The summed E-state index contributed by atoms with van der Waals surface area (Å²) in [5.41, 5.74) is -1.00. The lowest BCUT2D eigenvalue weighted by atomic mass is 9.84. The van der Waals surface area contributed by atoms with Crippen LogP contribution < -0.4 is 0 Å². The van der Waals surface area contributed by atoms with E-state index in [1.165, 1.54) is 6.92 Å². The average molecular weight is 258 g/mol. The van der Waals surface area contributed by atoms with Crippen molar-refractivity contribution in [2.45, 2.75) is 33.5 Å². The molecule has 0 rings (SSSR count). The highest BCUT2D eigenvalue weighted by atomic mass is 17.2. The number of aliphatic hydroxyl groups is 2. The maximum Gasteiger partial charge on any atom is 0.381 e. The van der Waals surface area contributed by atoms with Gasteiger partial charge in [-0.15, -0.1) is 0 Å². The second-order valence-corrected chi connectivity index (χ2v) is 4.78. The van der Waals surface area contributed by atoms with Crippen LogP contribution in [0.4, 0.5) is 0 Å². The van der Waals surface area contributed by atoms with Crippen LogP contribution in [0.2, 0.25) is 0 Å². The molecule has 0 aliphatic rings. The van der Waals surface area contributed by atoms with Gasteiger partial charge in [-0.25, -0.2) is 19.4 Å². The van der Waals surface area contributed by atoms with Gasteiger partial charge in [-0.05, 0) is 13.0 Å². The van der Waals surface area contributed by atoms with Crippen molar-refractivity contribution in [3.05, 3.63) is 24.3 Å². The molecule has 0 saturated heterocycles. The molecule has 0 unspecified atom stereocenters. The van der Waals surface area contributed by atoms with E-state index in [0.29, 0.717) is 0 Å². The SMILES string of the molecule is C=CC(=O)OOC(=O)/C(C)=C/C(O)(O)C(C)(C)C. The Labute approximate surface area is 105 Å². The van der Waals surface area contributed by atoms with E-state index in [0.717, 1.165) is 12.2 Å². The normalized spacial score (nSPS) is 12.9. The van der Waals surface area contributed by atoms with Crippen LogP contribution in [0.1, 0.15) is 27.7 Å². The molecule has 18 heavy (non-hydrogen) atoms. The quantitative estimate of drug-likeness (QED) is 0.337. The van der Waals surface area contributed by atoms with E-state index in [2.05, 4.69) is 16.4 Å². The zero-order chi connectivity index (χ0) is 14.6. The first-order valence-electron chi connectivity index (χ1n) is 5.20. The van der Waals surface area contributed by atoms with Crippen LogP contribution in [0.15, 0.2) is 24.3 Å². The van der Waals surface area contributed by atoms with Crippen molar-refractivity contribution in [1.29, 1.82) is 0 Å². The highest BCUT2D eigenvalue weighted by Crippen LogP contribution is 2.29. The molecule has 6 nitrogen and oxygen atoms in total. The van der Waals surface area contributed by atoms with E-state index < -0.39 is 23.1 Å². The molecule has 0 aromatic rings. The van der Waals surface area contributed by atoms with E-state index in [-0.39, 0.29) is 5.57 Å². The fraction of sp³-hybridized carbons (Fsp3) is 0.500. The van der Waals surface area contributed by atoms with Crippen LogP contribution in [-0.2, 0) is 19.4 Å². The summed E-state index contributed by atoms with van der Waals surface area (Å²) in [7, 11) is 0. The van der Waals surface area contributed by atoms with Crippen LogP contribution in [0.5, 0.6) is 0 Å². The topological polar surface area (TPSA) is 93.1 Å². The number of hydrogen-bond acceptors (Lipinski definition) is 6. The van der Waals surface area contributed by atoms with E-state index >= 15 is 0 Å². The summed E-state index contributed by atoms with van der Waals surface area (Å²) < 4.78 is 0. The molecule has 0 atom stereocenters. The Hall–Kier alpha value is -1.66. The van der Waals surface area contributed by atoms with Gasteiger partial charge >= 0.3 is 11.9 Å². The van der Waals surface area contributed by atoms with Crippen LogP contribution >= 0.6 is 0 Å². The van der Waals surface area contributed by atoms with E-state index in [1.807, 2.05) is 0 Å². The monoisotopic (exact) mass is 258 g/mol. The highest BCUT2D eigenvalue weighted by molar-refractivity contribution is 5.88. The van der Waals surface area contributed by atoms with Gasteiger partial charge in [0.05, 0.1) is 0 Å². The highest BCUT2D eigenvalue weighted by Gasteiger charge is 2.36. The Balaban J connectivity index is 4.74. The number of carbonyl (C=O) groups excluding carboxylic acids is 2. The lowest BCUT2D eigenvalue weighted by molar-refractivity contribution is -0.251. The predicted octanol–water partition coefficient (Wildman–Crippen LogP) is 0.847. The van der Waals surface area contributed by atoms with E-state index in [4.69, 9.17) is 0 Å². The van der Waals surface area contributed by atoms with Gasteiger partial charge in [0.2, 0.25) is 0 Å². The largest absolute Gasteiger partial charge is 0.381 e. The van der Waals surface area contributed by atoms with Gasteiger partial charge in [-0.3, -0.25) is 0 Å². The third-order valence-electron chi connectivity index (χ3n) is 2.21. The molecular weight excluding hydrogens is 240 g/mol. The minimum absolute atomic E-state index is 0.105. The zero-order valence-corrected chi connectivity index (χ0v) is 10.9. The molecule has 102 valence electrons.